The molecule has 1 aliphatic heterocycles. The minimum absolute atomic E-state index is 0.00400. The van der Waals surface area contributed by atoms with E-state index in [2.05, 4.69) is 53.4 Å². The van der Waals surface area contributed by atoms with Crippen molar-refractivity contribution in [3.8, 4) is 22.7 Å². The number of carbonyl (C=O) groups is 1. The van der Waals surface area contributed by atoms with Gasteiger partial charge in [-0.25, -0.2) is 9.97 Å². The van der Waals surface area contributed by atoms with E-state index in [1.54, 1.807) is 6.33 Å². The van der Waals surface area contributed by atoms with Crippen LogP contribution in [0.15, 0.2) is 47.1 Å². The topological polar surface area (TPSA) is 68.0 Å². The van der Waals surface area contributed by atoms with E-state index in [-0.39, 0.29) is 11.3 Å². The van der Waals surface area contributed by atoms with Crippen molar-refractivity contribution in [3.63, 3.8) is 0 Å². The van der Waals surface area contributed by atoms with Gasteiger partial charge in [0.25, 0.3) is 5.91 Å². The van der Waals surface area contributed by atoms with Crippen LogP contribution in [0.4, 0.5) is 0 Å². The zero-order chi connectivity index (χ0) is 18.6. The maximum Gasteiger partial charge on any atom is 0.254 e. The standard InChI is InChI=1S/C22H21N3O2/c1-13(2)14-3-5-15(6-4-14)17-10-18(25-12-24-17)19-9-16-20(27-19)22(7-8-22)11-23-21(16)26/h3-6,9-10,12-13H,7-8,11H2,1-2H3,(H,23,26). The summed E-state index contributed by atoms with van der Waals surface area (Å²) in [5, 5.41) is 2.98. The number of amides is 1. The third kappa shape index (κ3) is 2.65. The van der Waals surface area contributed by atoms with Crippen LogP contribution in [0, 0.1) is 0 Å². The first kappa shape index (κ1) is 16.2. The quantitative estimate of drug-likeness (QED) is 0.757. The van der Waals surface area contributed by atoms with Gasteiger partial charge in [0, 0.05) is 17.5 Å². The molecule has 5 nitrogen and oxygen atoms in total. The van der Waals surface area contributed by atoms with Gasteiger partial charge >= 0.3 is 0 Å². The molecule has 3 aromatic rings. The number of fused-ring (bicyclic) bond motifs is 2. The molecule has 0 unspecified atom stereocenters. The molecule has 1 saturated carbocycles. The van der Waals surface area contributed by atoms with Crippen molar-refractivity contribution in [1.29, 1.82) is 0 Å². The predicted molar refractivity (Wildman–Crippen MR) is 103 cm³/mol. The minimum atomic E-state index is -0.0592. The van der Waals surface area contributed by atoms with Crippen molar-refractivity contribution in [2.75, 3.05) is 6.54 Å². The highest BCUT2D eigenvalue weighted by Gasteiger charge is 2.52. The van der Waals surface area contributed by atoms with Crippen LogP contribution in [0.5, 0.6) is 0 Å². The van der Waals surface area contributed by atoms with Gasteiger partial charge < -0.3 is 9.73 Å². The summed E-state index contributed by atoms with van der Waals surface area (Å²) in [6, 6.07) is 12.2. The highest BCUT2D eigenvalue weighted by Crippen LogP contribution is 2.52. The minimum Gasteiger partial charge on any atom is -0.458 e. The van der Waals surface area contributed by atoms with Gasteiger partial charge in [-0.15, -0.1) is 0 Å². The van der Waals surface area contributed by atoms with Crippen LogP contribution < -0.4 is 5.32 Å². The lowest BCUT2D eigenvalue weighted by Gasteiger charge is -2.20. The fourth-order valence-electron chi connectivity index (χ4n) is 3.75. The molecule has 27 heavy (non-hydrogen) atoms. The Hall–Kier alpha value is -2.95. The molecule has 3 heterocycles. The Morgan fingerprint density at radius 1 is 1.07 bits per heavy atom. The summed E-state index contributed by atoms with van der Waals surface area (Å²) in [7, 11) is 0. The third-order valence-corrected chi connectivity index (χ3v) is 5.69. The summed E-state index contributed by atoms with van der Waals surface area (Å²) in [4.78, 5) is 21.0. The predicted octanol–water partition coefficient (Wildman–Crippen LogP) is 4.30. The molecule has 1 N–H and O–H groups in total. The fourth-order valence-corrected chi connectivity index (χ4v) is 3.75. The molecule has 136 valence electrons. The van der Waals surface area contributed by atoms with E-state index in [4.69, 9.17) is 4.42 Å². The molecule has 0 atom stereocenters. The van der Waals surface area contributed by atoms with Gasteiger partial charge in [0.2, 0.25) is 0 Å². The number of nitrogens with one attached hydrogen (secondary N) is 1. The van der Waals surface area contributed by atoms with Gasteiger partial charge in [-0.1, -0.05) is 38.1 Å². The van der Waals surface area contributed by atoms with Gasteiger partial charge in [0.15, 0.2) is 5.76 Å². The fraction of sp³-hybridized carbons (Fsp3) is 0.318. The molecule has 1 aromatic carbocycles. The molecule has 1 spiro atoms. The van der Waals surface area contributed by atoms with Crippen molar-refractivity contribution >= 4 is 5.91 Å². The SMILES string of the molecule is CC(C)c1ccc(-c2cc(-c3cc4c(o3)C3(CC3)CNC4=O)ncn2)cc1. The van der Waals surface area contributed by atoms with Crippen molar-refractivity contribution in [3.05, 3.63) is 59.6 Å². The van der Waals surface area contributed by atoms with E-state index in [0.717, 1.165) is 29.9 Å². The number of hydrogen-bond acceptors (Lipinski definition) is 4. The van der Waals surface area contributed by atoms with Crippen LogP contribution in [0.3, 0.4) is 0 Å². The van der Waals surface area contributed by atoms with Crippen molar-refractivity contribution < 1.29 is 9.21 Å². The van der Waals surface area contributed by atoms with E-state index in [1.165, 1.54) is 5.56 Å². The first-order valence-corrected chi connectivity index (χ1v) is 9.41. The first-order valence-electron chi connectivity index (χ1n) is 9.41. The average molecular weight is 359 g/mol. The van der Waals surface area contributed by atoms with Crippen LogP contribution in [-0.4, -0.2) is 22.4 Å². The smallest absolute Gasteiger partial charge is 0.254 e. The molecule has 2 aromatic heterocycles. The lowest BCUT2D eigenvalue weighted by molar-refractivity contribution is 0.0932. The summed E-state index contributed by atoms with van der Waals surface area (Å²) in [6.07, 6.45) is 3.67. The summed E-state index contributed by atoms with van der Waals surface area (Å²) < 4.78 is 6.13. The van der Waals surface area contributed by atoms with E-state index in [0.29, 0.717) is 29.5 Å². The van der Waals surface area contributed by atoms with Crippen LogP contribution >= 0.6 is 0 Å². The first-order chi connectivity index (χ1) is 13.1. The third-order valence-electron chi connectivity index (χ3n) is 5.69. The lowest BCUT2D eigenvalue weighted by Crippen LogP contribution is -2.38. The Labute approximate surface area is 157 Å². The molecular formula is C22H21N3O2. The van der Waals surface area contributed by atoms with Crippen molar-refractivity contribution in [2.45, 2.75) is 38.0 Å². The van der Waals surface area contributed by atoms with E-state index >= 15 is 0 Å². The van der Waals surface area contributed by atoms with Crippen molar-refractivity contribution in [2.24, 2.45) is 0 Å². The van der Waals surface area contributed by atoms with Crippen molar-refractivity contribution in [1.82, 2.24) is 15.3 Å². The number of carbonyl (C=O) groups excluding carboxylic acids is 1. The Kier molecular flexibility index (Phi) is 3.47. The van der Waals surface area contributed by atoms with Gasteiger partial charge in [0.05, 0.1) is 11.3 Å². The van der Waals surface area contributed by atoms with Gasteiger partial charge in [-0.05, 0) is 36.5 Å². The molecule has 0 bridgehead atoms. The van der Waals surface area contributed by atoms with Crippen LogP contribution in [0.25, 0.3) is 22.7 Å². The highest BCUT2D eigenvalue weighted by molar-refractivity contribution is 5.98. The maximum atomic E-state index is 12.2. The number of aromatic nitrogens is 2. The number of benzene rings is 1. The monoisotopic (exact) mass is 359 g/mol. The molecule has 0 saturated heterocycles. The van der Waals surface area contributed by atoms with E-state index in [1.807, 2.05) is 12.1 Å². The molecular weight excluding hydrogens is 338 g/mol. The Bertz CT molecular complexity index is 1030. The summed E-state index contributed by atoms with van der Waals surface area (Å²) in [5.74, 6) is 1.89. The Balaban J connectivity index is 1.52. The molecule has 1 aliphatic carbocycles. The van der Waals surface area contributed by atoms with Crippen LogP contribution in [-0.2, 0) is 5.41 Å². The van der Waals surface area contributed by atoms with Gasteiger partial charge in [-0.2, -0.15) is 0 Å². The largest absolute Gasteiger partial charge is 0.458 e. The van der Waals surface area contributed by atoms with E-state index in [9.17, 15) is 4.79 Å². The number of nitrogens with zero attached hydrogens (tertiary/aromatic N) is 2. The van der Waals surface area contributed by atoms with E-state index < -0.39 is 0 Å². The van der Waals surface area contributed by atoms with Crippen LogP contribution in [0.1, 0.15) is 54.3 Å². The number of rotatable bonds is 3. The Morgan fingerprint density at radius 3 is 2.52 bits per heavy atom. The molecule has 2 aliphatic rings. The second kappa shape index (κ2) is 5.78. The number of furan rings is 1. The second-order valence-corrected chi connectivity index (χ2v) is 7.88. The zero-order valence-electron chi connectivity index (χ0n) is 15.5. The Morgan fingerprint density at radius 2 is 1.81 bits per heavy atom. The molecule has 5 rings (SSSR count). The maximum absolute atomic E-state index is 12.2. The normalized spacial score (nSPS) is 17.1. The van der Waals surface area contributed by atoms with Gasteiger partial charge in [0.1, 0.15) is 17.8 Å². The molecule has 1 fully saturated rings. The lowest BCUT2D eigenvalue weighted by atomic mass is 9.95. The summed E-state index contributed by atoms with van der Waals surface area (Å²) in [5.41, 5.74) is 4.53. The zero-order valence-corrected chi connectivity index (χ0v) is 15.5. The van der Waals surface area contributed by atoms with Crippen LogP contribution in [0.2, 0.25) is 0 Å². The van der Waals surface area contributed by atoms with Gasteiger partial charge in [-0.3, -0.25) is 4.79 Å². The number of hydrogen-bond donors (Lipinski definition) is 1. The molecule has 5 heteroatoms. The molecule has 1 amide bonds. The molecule has 0 radical (unpaired) electrons. The summed E-state index contributed by atoms with van der Waals surface area (Å²) in [6.45, 7) is 5.03. The highest BCUT2D eigenvalue weighted by atomic mass is 16.3. The summed E-state index contributed by atoms with van der Waals surface area (Å²) >= 11 is 0. The second-order valence-electron chi connectivity index (χ2n) is 7.88. The average Bonchev–Trinajstić information content (AvgIpc) is 3.32.